The zero-order valence-corrected chi connectivity index (χ0v) is 13.5. The highest BCUT2D eigenvalue weighted by Gasteiger charge is 2.37. The molecule has 0 saturated heterocycles. The van der Waals surface area contributed by atoms with Crippen molar-refractivity contribution in [1.29, 1.82) is 0 Å². The Morgan fingerprint density at radius 2 is 1.48 bits per heavy atom. The van der Waals surface area contributed by atoms with Crippen LogP contribution < -0.4 is 0 Å². The van der Waals surface area contributed by atoms with E-state index in [2.05, 4.69) is 0 Å². The fraction of sp³-hybridized carbons (Fsp3) is 0.200. The minimum Gasteiger partial charge on any atom is -0.507 e. The van der Waals surface area contributed by atoms with Crippen LogP contribution in [0.2, 0.25) is 0 Å². The first kappa shape index (κ1) is 15.6. The maximum absolute atomic E-state index is 12.8. The van der Waals surface area contributed by atoms with Gasteiger partial charge in [-0.2, -0.15) is 0 Å². The normalized spacial score (nSPS) is 16.6. The van der Waals surface area contributed by atoms with E-state index in [0.29, 0.717) is 29.5 Å². The zero-order valence-electron chi connectivity index (χ0n) is 13.5. The van der Waals surface area contributed by atoms with Gasteiger partial charge in [0.05, 0.1) is 17.2 Å². The lowest BCUT2D eigenvalue weighted by atomic mass is 9.78. The van der Waals surface area contributed by atoms with E-state index in [1.807, 2.05) is 0 Å². The standard InChI is InChI=1S/C20H16O5/c1-9(21)10-6-7-13-14(8-10)20(25)16-15(19(13)24)17(22)11-4-2-3-5-12(11)18(16)23/h2-5,8-9,21,24-25H,6-7H2,1H3. The van der Waals surface area contributed by atoms with E-state index in [4.69, 9.17) is 0 Å². The van der Waals surface area contributed by atoms with Gasteiger partial charge < -0.3 is 15.3 Å². The van der Waals surface area contributed by atoms with Gasteiger partial charge in [-0.05, 0) is 31.4 Å². The minimum absolute atomic E-state index is 0.131. The van der Waals surface area contributed by atoms with Crippen molar-refractivity contribution in [3.8, 4) is 11.5 Å². The van der Waals surface area contributed by atoms with Crippen LogP contribution in [-0.4, -0.2) is 33.0 Å². The van der Waals surface area contributed by atoms with Gasteiger partial charge in [-0.25, -0.2) is 0 Å². The first-order valence-corrected chi connectivity index (χ1v) is 8.09. The van der Waals surface area contributed by atoms with Crippen molar-refractivity contribution in [2.24, 2.45) is 0 Å². The Morgan fingerprint density at radius 1 is 0.920 bits per heavy atom. The summed E-state index contributed by atoms with van der Waals surface area (Å²) in [5.41, 5.74) is 1.59. The number of carbonyl (C=O) groups is 2. The molecule has 1 unspecified atom stereocenters. The van der Waals surface area contributed by atoms with Gasteiger partial charge in [0.15, 0.2) is 11.6 Å². The molecule has 0 saturated carbocycles. The van der Waals surface area contributed by atoms with Crippen LogP contribution in [0.25, 0.3) is 6.08 Å². The van der Waals surface area contributed by atoms with Gasteiger partial charge in [-0.3, -0.25) is 9.59 Å². The van der Waals surface area contributed by atoms with Crippen molar-refractivity contribution >= 4 is 17.6 Å². The van der Waals surface area contributed by atoms with Crippen LogP contribution >= 0.6 is 0 Å². The van der Waals surface area contributed by atoms with Crippen LogP contribution in [0.4, 0.5) is 0 Å². The number of aliphatic hydroxyl groups excluding tert-OH is 1. The fourth-order valence-electron chi connectivity index (χ4n) is 3.65. The third-order valence-corrected chi connectivity index (χ3v) is 4.99. The van der Waals surface area contributed by atoms with Crippen molar-refractivity contribution in [2.75, 3.05) is 0 Å². The smallest absolute Gasteiger partial charge is 0.198 e. The molecule has 0 radical (unpaired) electrons. The molecule has 5 nitrogen and oxygen atoms in total. The predicted molar refractivity (Wildman–Crippen MR) is 91.1 cm³/mol. The summed E-state index contributed by atoms with van der Waals surface area (Å²) in [4.78, 5) is 25.6. The lowest BCUT2D eigenvalue weighted by Gasteiger charge is -2.26. The molecule has 2 aromatic carbocycles. The summed E-state index contributed by atoms with van der Waals surface area (Å²) < 4.78 is 0. The van der Waals surface area contributed by atoms with E-state index >= 15 is 0 Å². The Labute approximate surface area is 143 Å². The number of hydrogen-bond donors (Lipinski definition) is 3. The fourth-order valence-corrected chi connectivity index (χ4v) is 3.65. The van der Waals surface area contributed by atoms with Gasteiger partial charge in [-0.1, -0.05) is 24.3 Å². The first-order chi connectivity index (χ1) is 11.9. The molecule has 2 aliphatic carbocycles. The molecule has 0 fully saturated rings. The summed E-state index contributed by atoms with van der Waals surface area (Å²) in [7, 11) is 0. The number of ketones is 2. The molecule has 25 heavy (non-hydrogen) atoms. The number of hydrogen-bond acceptors (Lipinski definition) is 5. The Kier molecular flexibility index (Phi) is 3.30. The average Bonchev–Trinajstić information content (AvgIpc) is 2.62. The molecule has 4 rings (SSSR count). The highest BCUT2D eigenvalue weighted by atomic mass is 16.3. The molecule has 3 N–H and O–H groups in total. The van der Waals surface area contributed by atoms with E-state index in [1.165, 1.54) is 6.07 Å². The van der Waals surface area contributed by atoms with Crippen LogP contribution in [0.1, 0.15) is 56.3 Å². The molecule has 0 spiro atoms. The van der Waals surface area contributed by atoms with E-state index in [1.54, 1.807) is 31.2 Å². The number of benzene rings is 2. The average molecular weight is 336 g/mol. The molecular weight excluding hydrogens is 320 g/mol. The molecule has 0 aliphatic heterocycles. The molecule has 0 heterocycles. The van der Waals surface area contributed by atoms with Gasteiger partial charge in [0.2, 0.25) is 0 Å². The number of rotatable bonds is 1. The van der Waals surface area contributed by atoms with Crippen molar-refractivity contribution < 1.29 is 24.9 Å². The maximum atomic E-state index is 12.8. The van der Waals surface area contributed by atoms with Crippen LogP contribution in [-0.2, 0) is 6.42 Å². The summed E-state index contributed by atoms with van der Waals surface area (Å²) in [6.45, 7) is 1.62. The first-order valence-electron chi connectivity index (χ1n) is 8.09. The van der Waals surface area contributed by atoms with Crippen LogP contribution in [0.15, 0.2) is 29.8 Å². The number of phenolic OH excluding ortho intramolecular Hbond substituents is 2. The predicted octanol–water partition coefficient (Wildman–Crippen LogP) is 2.58. The van der Waals surface area contributed by atoms with Crippen LogP contribution in [0.5, 0.6) is 11.5 Å². The largest absolute Gasteiger partial charge is 0.507 e. The topological polar surface area (TPSA) is 94.8 Å². The maximum Gasteiger partial charge on any atom is 0.198 e. The summed E-state index contributed by atoms with van der Waals surface area (Å²) in [6.07, 6.45) is 1.79. The molecule has 1 atom stereocenters. The Hall–Kier alpha value is -2.92. The summed E-state index contributed by atoms with van der Waals surface area (Å²) in [6, 6.07) is 6.38. The molecule has 0 bridgehead atoms. The molecular formula is C20H16O5. The third-order valence-electron chi connectivity index (χ3n) is 4.99. The SMILES string of the molecule is CC(O)C1=Cc2c(O)c3c(c(O)c2CC1)C(=O)c1ccccc1C3=O. The second-order valence-electron chi connectivity index (χ2n) is 6.44. The lowest BCUT2D eigenvalue weighted by molar-refractivity contribution is 0.0974. The van der Waals surface area contributed by atoms with Crippen molar-refractivity contribution in [1.82, 2.24) is 0 Å². The second-order valence-corrected chi connectivity index (χ2v) is 6.44. The Morgan fingerprint density at radius 3 is 2.04 bits per heavy atom. The molecule has 2 aliphatic rings. The Bertz CT molecular complexity index is 982. The number of aromatic hydroxyl groups is 2. The number of aliphatic hydroxyl groups is 1. The van der Waals surface area contributed by atoms with E-state index in [-0.39, 0.29) is 33.8 Å². The highest BCUT2D eigenvalue weighted by Crippen LogP contribution is 2.46. The van der Waals surface area contributed by atoms with E-state index in [0.717, 1.165) is 0 Å². The second kappa shape index (κ2) is 5.29. The summed E-state index contributed by atoms with van der Waals surface area (Å²) in [5, 5.41) is 31.2. The quantitative estimate of drug-likeness (QED) is 0.594. The van der Waals surface area contributed by atoms with Gasteiger partial charge in [0.25, 0.3) is 0 Å². The van der Waals surface area contributed by atoms with Crippen molar-refractivity contribution in [3.05, 3.63) is 63.2 Å². The number of carbonyl (C=O) groups excluding carboxylic acids is 2. The van der Waals surface area contributed by atoms with Gasteiger partial charge in [-0.15, -0.1) is 0 Å². The van der Waals surface area contributed by atoms with Gasteiger partial charge in [0.1, 0.15) is 11.5 Å². The van der Waals surface area contributed by atoms with E-state index in [9.17, 15) is 24.9 Å². The molecule has 0 aromatic heterocycles. The summed E-state index contributed by atoms with van der Waals surface area (Å²) >= 11 is 0. The monoisotopic (exact) mass is 336 g/mol. The van der Waals surface area contributed by atoms with Crippen molar-refractivity contribution in [3.63, 3.8) is 0 Å². The van der Waals surface area contributed by atoms with Crippen LogP contribution in [0, 0.1) is 0 Å². The minimum atomic E-state index is -0.691. The molecule has 0 amide bonds. The zero-order chi connectivity index (χ0) is 17.9. The number of phenols is 2. The van der Waals surface area contributed by atoms with Gasteiger partial charge in [0, 0.05) is 22.3 Å². The highest BCUT2D eigenvalue weighted by molar-refractivity contribution is 6.30. The number of fused-ring (bicyclic) bond motifs is 3. The molecule has 126 valence electrons. The third kappa shape index (κ3) is 2.06. The van der Waals surface area contributed by atoms with E-state index < -0.39 is 17.7 Å². The van der Waals surface area contributed by atoms with Gasteiger partial charge >= 0.3 is 0 Å². The molecule has 5 heteroatoms. The van der Waals surface area contributed by atoms with Crippen molar-refractivity contribution in [2.45, 2.75) is 25.9 Å². The molecule has 2 aromatic rings. The summed E-state index contributed by atoms with van der Waals surface area (Å²) in [5.74, 6) is -1.52. The Balaban J connectivity index is 2.04. The lowest BCUT2D eigenvalue weighted by Crippen LogP contribution is -2.23. The van der Waals surface area contributed by atoms with Crippen LogP contribution in [0.3, 0.4) is 0 Å².